The van der Waals surface area contributed by atoms with E-state index < -0.39 is 15.9 Å². The Morgan fingerprint density at radius 2 is 1.89 bits per heavy atom. The van der Waals surface area contributed by atoms with E-state index in [2.05, 4.69) is 5.32 Å². The van der Waals surface area contributed by atoms with Gasteiger partial charge in [-0.25, -0.2) is 8.42 Å². The van der Waals surface area contributed by atoms with Gasteiger partial charge in [0.1, 0.15) is 4.90 Å². The van der Waals surface area contributed by atoms with Gasteiger partial charge >= 0.3 is 0 Å². The lowest BCUT2D eigenvalue weighted by Crippen LogP contribution is -2.26. The molecule has 3 aromatic rings. The van der Waals surface area contributed by atoms with Crippen molar-refractivity contribution in [3.05, 3.63) is 70.6 Å². The van der Waals surface area contributed by atoms with E-state index >= 15 is 0 Å². The van der Waals surface area contributed by atoms with Gasteiger partial charge in [0, 0.05) is 28.7 Å². The van der Waals surface area contributed by atoms with Gasteiger partial charge in [-0.1, -0.05) is 40.3 Å². The van der Waals surface area contributed by atoms with Gasteiger partial charge in [0.2, 0.25) is 0 Å². The zero-order valence-electron chi connectivity index (χ0n) is 15.0. The fourth-order valence-electron chi connectivity index (χ4n) is 2.51. The number of anilines is 1. The van der Waals surface area contributed by atoms with Gasteiger partial charge in [-0.2, -0.15) is 0 Å². The Hall–Kier alpha value is -2.23. The summed E-state index contributed by atoms with van der Waals surface area (Å²) in [5, 5.41) is 4.80. The van der Waals surface area contributed by atoms with Crippen molar-refractivity contribution in [1.82, 2.24) is 4.47 Å². The molecule has 2 aromatic carbocycles. The predicted octanol–water partition coefficient (Wildman–Crippen LogP) is 4.50. The molecular formula is C19H17ClN2O4S2. The highest BCUT2D eigenvalue weighted by Gasteiger charge is 2.25. The van der Waals surface area contributed by atoms with Gasteiger partial charge in [-0.05, 0) is 35.7 Å². The highest BCUT2D eigenvalue weighted by Crippen LogP contribution is 2.32. The van der Waals surface area contributed by atoms with Gasteiger partial charge in [-0.3, -0.25) is 9.63 Å². The minimum atomic E-state index is -3.99. The van der Waals surface area contributed by atoms with E-state index in [-0.39, 0.29) is 15.5 Å². The summed E-state index contributed by atoms with van der Waals surface area (Å²) in [6.07, 6.45) is 0. The molecule has 1 heterocycles. The number of para-hydroxylation sites is 1. The van der Waals surface area contributed by atoms with Crippen LogP contribution in [-0.2, 0) is 14.9 Å². The molecule has 3 rings (SSSR count). The van der Waals surface area contributed by atoms with Crippen LogP contribution in [0.5, 0.6) is 0 Å². The van der Waals surface area contributed by atoms with Crippen LogP contribution in [0.4, 0.5) is 5.69 Å². The topological polar surface area (TPSA) is 75.7 Å². The summed E-state index contributed by atoms with van der Waals surface area (Å²) in [5.41, 5.74) is 1.67. The van der Waals surface area contributed by atoms with Crippen LogP contribution in [0, 0.1) is 0 Å². The van der Waals surface area contributed by atoms with Gasteiger partial charge in [0.15, 0.2) is 0 Å². The number of hydrogen-bond acceptors (Lipinski definition) is 5. The monoisotopic (exact) mass is 436 g/mol. The van der Waals surface area contributed by atoms with Gasteiger partial charge in [0.25, 0.3) is 15.9 Å². The van der Waals surface area contributed by atoms with E-state index in [1.165, 1.54) is 32.4 Å². The van der Waals surface area contributed by atoms with Crippen LogP contribution >= 0.6 is 22.9 Å². The molecule has 1 amide bonds. The van der Waals surface area contributed by atoms with E-state index in [0.29, 0.717) is 10.2 Å². The summed E-state index contributed by atoms with van der Waals surface area (Å²) in [6, 6.07) is 15.4. The first-order valence-electron chi connectivity index (χ1n) is 8.11. The minimum Gasteiger partial charge on any atom is -0.321 e. The molecule has 28 heavy (non-hydrogen) atoms. The molecule has 0 saturated heterocycles. The first-order chi connectivity index (χ1) is 13.3. The average Bonchev–Trinajstić information content (AvgIpc) is 3.22. The molecular weight excluding hydrogens is 420 g/mol. The van der Waals surface area contributed by atoms with Crippen molar-refractivity contribution >= 4 is 44.6 Å². The van der Waals surface area contributed by atoms with Gasteiger partial charge in [0.05, 0.1) is 12.1 Å². The average molecular weight is 437 g/mol. The maximum Gasteiger partial charge on any atom is 0.266 e. The van der Waals surface area contributed by atoms with Crippen LogP contribution in [0.2, 0.25) is 5.02 Å². The second-order valence-corrected chi connectivity index (χ2v) is 8.98. The number of benzene rings is 2. The van der Waals surface area contributed by atoms with Crippen molar-refractivity contribution in [3.8, 4) is 10.4 Å². The van der Waals surface area contributed by atoms with Crippen molar-refractivity contribution in [2.75, 3.05) is 19.5 Å². The third-order valence-corrected chi connectivity index (χ3v) is 7.09. The fourth-order valence-corrected chi connectivity index (χ4v) is 4.75. The summed E-state index contributed by atoms with van der Waals surface area (Å²) in [7, 11) is -1.52. The number of hydroxylamine groups is 1. The largest absolute Gasteiger partial charge is 0.321 e. The van der Waals surface area contributed by atoms with Crippen LogP contribution in [0.15, 0.2) is 64.9 Å². The molecule has 0 unspecified atom stereocenters. The van der Waals surface area contributed by atoms with Crippen LogP contribution < -0.4 is 5.32 Å². The van der Waals surface area contributed by atoms with Crippen molar-refractivity contribution in [3.63, 3.8) is 0 Å². The number of nitrogens with zero attached hydrogens (tertiary/aromatic N) is 1. The maximum absolute atomic E-state index is 12.8. The zero-order chi connectivity index (χ0) is 20.3. The number of halogens is 1. The molecule has 0 fully saturated rings. The number of nitrogens with one attached hydrogen (secondary N) is 1. The number of thiophene rings is 1. The zero-order valence-corrected chi connectivity index (χ0v) is 17.4. The SMILES string of the molecule is CON(C)S(=O)(=O)c1cc(C(=O)Nc2ccccc2-c2cccs2)ccc1Cl. The van der Waals surface area contributed by atoms with E-state index in [1.54, 1.807) is 17.4 Å². The Morgan fingerprint density at radius 1 is 1.14 bits per heavy atom. The normalized spacial score (nSPS) is 11.6. The Balaban J connectivity index is 1.94. The molecule has 0 atom stereocenters. The number of carbonyl (C=O) groups excluding carboxylic acids is 1. The van der Waals surface area contributed by atoms with Gasteiger partial charge < -0.3 is 5.32 Å². The summed E-state index contributed by atoms with van der Waals surface area (Å²) >= 11 is 7.61. The maximum atomic E-state index is 12.8. The Kier molecular flexibility index (Phi) is 6.17. The van der Waals surface area contributed by atoms with Gasteiger partial charge in [-0.15, -0.1) is 11.3 Å². The summed E-state index contributed by atoms with van der Waals surface area (Å²) < 4.78 is 25.7. The van der Waals surface area contributed by atoms with Crippen LogP contribution in [-0.4, -0.2) is 33.0 Å². The Bertz CT molecular complexity index is 1100. The second-order valence-electron chi connectivity index (χ2n) is 5.72. The minimum absolute atomic E-state index is 0.000523. The standard InChI is InChI=1S/C19H17ClN2O4S2/c1-22(26-2)28(24,25)18-12-13(9-10-15(18)20)19(23)21-16-7-4-3-6-14(16)17-8-5-11-27-17/h3-12H,1-2H3,(H,21,23). The molecule has 0 saturated carbocycles. The summed E-state index contributed by atoms with van der Waals surface area (Å²) in [6.45, 7) is 0. The van der Waals surface area contributed by atoms with Crippen LogP contribution in [0.25, 0.3) is 10.4 Å². The van der Waals surface area contributed by atoms with E-state index in [4.69, 9.17) is 16.4 Å². The number of hydrogen-bond donors (Lipinski definition) is 1. The van der Waals surface area contributed by atoms with Crippen LogP contribution in [0.1, 0.15) is 10.4 Å². The van der Waals surface area contributed by atoms with E-state index in [1.807, 2.05) is 35.7 Å². The quantitative estimate of drug-likeness (QED) is 0.577. The van der Waals surface area contributed by atoms with Crippen molar-refractivity contribution in [1.29, 1.82) is 0 Å². The number of amides is 1. The highest BCUT2D eigenvalue weighted by atomic mass is 35.5. The summed E-state index contributed by atoms with van der Waals surface area (Å²) in [4.78, 5) is 18.3. The van der Waals surface area contributed by atoms with Crippen molar-refractivity contribution in [2.45, 2.75) is 4.90 Å². The van der Waals surface area contributed by atoms with Crippen molar-refractivity contribution in [2.24, 2.45) is 0 Å². The molecule has 1 aromatic heterocycles. The molecule has 0 aliphatic carbocycles. The fraction of sp³-hybridized carbons (Fsp3) is 0.105. The third-order valence-electron chi connectivity index (χ3n) is 4.03. The van der Waals surface area contributed by atoms with Crippen LogP contribution in [0.3, 0.4) is 0 Å². The molecule has 0 bridgehead atoms. The number of rotatable bonds is 6. The lowest BCUT2D eigenvalue weighted by molar-refractivity contribution is -0.0258. The number of sulfonamides is 1. The molecule has 1 N–H and O–H groups in total. The number of carbonyl (C=O) groups is 1. The molecule has 0 spiro atoms. The molecule has 9 heteroatoms. The first kappa shape index (κ1) is 20.5. The predicted molar refractivity (Wildman–Crippen MR) is 111 cm³/mol. The molecule has 0 aliphatic rings. The molecule has 0 radical (unpaired) electrons. The highest BCUT2D eigenvalue weighted by molar-refractivity contribution is 7.89. The lowest BCUT2D eigenvalue weighted by Gasteiger charge is -2.16. The lowest BCUT2D eigenvalue weighted by atomic mass is 10.1. The second kappa shape index (κ2) is 8.42. The molecule has 6 nitrogen and oxygen atoms in total. The van der Waals surface area contributed by atoms with Crippen molar-refractivity contribution < 1.29 is 18.0 Å². The summed E-state index contributed by atoms with van der Waals surface area (Å²) in [5.74, 6) is -0.447. The smallest absolute Gasteiger partial charge is 0.266 e. The molecule has 146 valence electrons. The van der Waals surface area contributed by atoms with E-state index in [0.717, 1.165) is 10.4 Å². The first-order valence-corrected chi connectivity index (χ1v) is 10.8. The molecule has 0 aliphatic heterocycles. The van der Waals surface area contributed by atoms with E-state index in [9.17, 15) is 13.2 Å². The third kappa shape index (κ3) is 4.11. The Labute approximate surface area is 172 Å². The Morgan fingerprint density at radius 3 is 2.57 bits per heavy atom.